The topological polar surface area (TPSA) is 69.7 Å². The molecule has 34 heavy (non-hydrogen) atoms. The Morgan fingerprint density at radius 1 is 0.971 bits per heavy atom. The largest absolute Gasteiger partial charge is 0.354 e. The molecule has 0 radical (unpaired) electrons. The van der Waals surface area contributed by atoms with Crippen molar-refractivity contribution in [2.24, 2.45) is 0 Å². The van der Waals surface area contributed by atoms with E-state index in [4.69, 9.17) is 0 Å². The summed E-state index contributed by atoms with van der Waals surface area (Å²) >= 11 is 0. The zero-order chi connectivity index (χ0) is 24.1. The molecule has 0 unspecified atom stereocenters. The SMILES string of the molecule is CCCNC(=O)[C@@H](CC)N(CCc1ccccc1)C(=O)CN1C(=O)c2cccc3cccc1c23. The van der Waals surface area contributed by atoms with Crippen LogP contribution in [0.4, 0.5) is 5.69 Å². The second-order valence-electron chi connectivity index (χ2n) is 8.61. The Morgan fingerprint density at radius 3 is 2.41 bits per heavy atom. The normalized spacial score (nSPS) is 13.2. The molecule has 3 aromatic carbocycles. The first-order chi connectivity index (χ1) is 16.5. The maximum atomic E-state index is 13.7. The van der Waals surface area contributed by atoms with Crippen molar-refractivity contribution in [1.29, 1.82) is 0 Å². The van der Waals surface area contributed by atoms with Crippen molar-refractivity contribution in [2.75, 3.05) is 24.5 Å². The van der Waals surface area contributed by atoms with Crippen LogP contribution in [0.5, 0.6) is 0 Å². The molecule has 1 aliphatic rings. The van der Waals surface area contributed by atoms with Gasteiger partial charge in [-0.05, 0) is 42.3 Å². The number of anilines is 1. The smallest absolute Gasteiger partial charge is 0.259 e. The van der Waals surface area contributed by atoms with Crippen LogP contribution in [-0.4, -0.2) is 48.3 Å². The molecule has 3 aromatic rings. The minimum absolute atomic E-state index is 0.0982. The van der Waals surface area contributed by atoms with Gasteiger partial charge in [-0.25, -0.2) is 0 Å². The van der Waals surface area contributed by atoms with Crippen LogP contribution in [0.3, 0.4) is 0 Å². The summed E-state index contributed by atoms with van der Waals surface area (Å²) in [6.45, 7) is 4.78. The van der Waals surface area contributed by atoms with Crippen molar-refractivity contribution < 1.29 is 14.4 Å². The van der Waals surface area contributed by atoms with Gasteiger partial charge >= 0.3 is 0 Å². The van der Waals surface area contributed by atoms with E-state index in [1.807, 2.05) is 74.5 Å². The minimum Gasteiger partial charge on any atom is -0.354 e. The van der Waals surface area contributed by atoms with Gasteiger partial charge in [-0.15, -0.1) is 0 Å². The molecule has 1 N–H and O–H groups in total. The number of amides is 3. The van der Waals surface area contributed by atoms with E-state index in [0.717, 1.165) is 28.4 Å². The third kappa shape index (κ3) is 4.67. The number of nitrogens with one attached hydrogen (secondary N) is 1. The predicted octanol–water partition coefficient (Wildman–Crippen LogP) is 4.18. The summed E-state index contributed by atoms with van der Waals surface area (Å²) in [6, 6.07) is 20.7. The average molecular weight is 458 g/mol. The quantitative estimate of drug-likeness (QED) is 0.497. The van der Waals surface area contributed by atoms with Gasteiger partial charge in [0, 0.05) is 24.0 Å². The fraction of sp³-hybridized carbons (Fsp3) is 0.321. The van der Waals surface area contributed by atoms with E-state index in [1.54, 1.807) is 15.9 Å². The second-order valence-corrected chi connectivity index (χ2v) is 8.61. The first kappa shape index (κ1) is 23.5. The molecule has 0 aliphatic carbocycles. The molecular formula is C28H31N3O3. The molecule has 0 saturated heterocycles. The van der Waals surface area contributed by atoms with Gasteiger partial charge in [0.25, 0.3) is 5.91 Å². The van der Waals surface area contributed by atoms with Crippen LogP contribution in [0.15, 0.2) is 66.7 Å². The van der Waals surface area contributed by atoms with Crippen molar-refractivity contribution in [3.05, 3.63) is 77.9 Å². The monoisotopic (exact) mass is 457 g/mol. The van der Waals surface area contributed by atoms with E-state index in [0.29, 0.717) is 31.5 Å². The zero-order valence-electron chi connectivity index (χ0n) is 19.8. The number of nitrogens with zero attached hydrogens (tertiary/aromatic N) is 2. The highest BCUT2D eigenvalue weighted by Gasteiger charge is 2.34. The van der Waals surface area contributed by atoms with Crippen molar-refractivity contribution in [2.45, 2.75) is 39.2 Å². The van der Waals surface area contributed by atoms with Gasteiger partial charge in [0.05, 0.1) is 5.69 Å². The highest BCUT2D eigenvalue weighted by Crippen LogP contribution is 2.37. The summed E-state index contributed by atoms with van der Waals surface area (Å²) in [5.41, 5.74) is 2.46. The van der Waals surface area contributed by atoms with Gasteiger partial charge in [-0.1, -0.05) is 68.4 Å². The maximum absolute atomic E-state index is 13.7. The third-order valence-corrected chi connectivity index (χ3v) is 6.36. The van der Waals surface area contributed by atoms with Crippen LogP contribution >= 0.6 is 0 Å². The Labute approximate surface area is 200 Å². The van der Waals surface area contributed by atoms with Crippen LogP contribution in [0, 0.1) is 0 Å². The number of carbonyl (C=O) groups excluding carboxylic acids is 3. The first-order valence-corrected chi connectivity index (χ1v) is 12.0. The van der Waals surface area contributed by atoms with E-state index < -0.39 is 6.04 Å². The van der Waals surface area contributed by atoms with Crippen LogP contribution in [0.25, 0.3) is 10.8 Å². The third-order valence-electron chi connectivity index (χ3n) is 6.36. The van der Waals surface area contributed by atoms with Gasteiger partial charge in [0.15, 0.2) is 0 Å². The van der Waals surface area contributed by atoms with Crippen molar-refractivity contribution in [1.82, 2.24) is 10.2 Å². The van der Waals surface area contributed by atoms with Crippen LogP contribution in [-0.2, 0) is 16.0 Å². The fourth-order valence-electron chi connectivity index (χ4n) is 4.62. The lowest BCUT2D eigenvalue weighted by Crippen LogP contribution is -2.53. The number of carbonyl (C=O) groups is 3. The Morgan fingerprint density at radius 2 is 1.71 bits per heavy atom. The number of hydrogen-bond donors (Lipinski definition) is 1. The van der Waals surface area contributed by atoms with E-state index in [1.165, 1.54) is 0 Å². The Hall–Kier alpha value is -3.67. The average Bonchev–Trinajstić information content (AvgIpc) is 3.13. The molecule has 1 aliphatic heterocycles. The van der Waals surface area contributed by atoms with Crippen molar-refractivity contribution in [3.8, 4) is 0 Å². The van der Waals surface area contributed by atoms with Gasteiger partial charge < -0.3 is 10.2 Å². The van der Waals surface area contributed by atoms with Gasteiger partial charge in [-0.2, -0.15) is 0 Å². The van der Waals surface area contributed by atoms with E-state index >= 15 is 0 Å². The standard InChI is InChI=1S/C28H31N3O3/c1-3-17-29-27(33)23(4-2)30(18-16-20-10-6-5-7-11-20)25(32)19-31-24-15-9-13-21-12-8-14-22(26(21)24)28(31)34/h5-15,23H,3-4,16-19H2,1-2H3,(H,29,33)/t23-/m1/s1. The Kier molecular flexibility index (Phi) is 7.26. The highest BCUT2D eigenvalue weighted by atomic mass is 16.2. The van der Waals surface area contributed by atoms with Crippen LogP contribution in [0.1, 0.15) is 42.6 Å². The maximum Gasteiger partial charge on any atom is 0.259 e. The number of rotatable bonds is 10. The molecule has 4 rings (SSSR count). The van der Waals surface area contributed by atoms with Crippen molar-refractivity contribution >= 4 is 34.2 Å². The molecule has 0 bridgehead atoms. The molecule has 0 aromatic heterocycles. The van der Waals surface area contributed by atoms with Gasteiger partial charge in [0.2, 0.25) is 11.8 Å². The van der Waals surface area contributed by atoms with E-state index in [2.05, 4.69) is 5.32 Å². The van der Waals surface area contributed by atoms with E-state index in [-0.39, 0.29) is 24.3 Å². The van der Waals surface area contributed by atoms with E-state index in [9.17, 15) is 14.4 Å². The van der Waals surface area contributed by atoms with Gasteiger partial charge in [0.1, 0.15) is 12.6 Å². The van der Waals surface area contributed by atoms with Crippen LogP contribution < -0.4 is 10.2 Å². The summed E-state index contributed by atoms with van der Waals surface area (Å²) in [5, 5.41) is 4.79. The molecular weight excluding hydrogens is 426 g/mol. The lowest BCUT2D eigenvalue weighted by molar-refractivity contribution is -0.139. The Bertz CT molecular complexity index is 1190. The molecule has 3 amide bonds. The fourth-order valence-corrected chi connectivity index (χ4v) is 4.62. The second kappa shape index (κ2) is 10.5. The molecule has 176 valence electrons. The highest BCUT2D eigenvalue weighted by molar-refractivity contribution is 6.26. The predicted molar refractivity (Wildman–Crippen MR) is 135 cm³/mol. The summed E-state index contributed by atoms with van der Waals surface area (Å²) in [6.07, 6.45) is 1.96. The van der Waals surface area contributed by atoms with Crippen LogP contribution in [0.2, 0.25) is 0 Å². The number of hydrogen-bond acceptors (Lipinski definition) is 3. The molecule has 6 heteroatoms. The molecule has 0 spiro atoms. The molecule has 6 nitrogen and oxygen atoms in total. The lowest BCUT2D eigenvalue weighted by Gasteiger charge is -2.32. The zero-order valence-corrected chi connectivity index (χ0v) is 19.8. The molecule has 0 fully saturated rings. The van der Waals surface area contributed by atoms with Gasteiger partial charge in [-0.3, -0.25) is 19.3 Å². The summed E-state index contributed by atoms with van der Waals surface area (Å²) in [5.74, 6) is -0.553. The molecule has 1 heterocycles. The number of benzene rings is 3. The summed E-state index contributed by atoms with van der Waals surface area (Å²) in [7, 11) is 0. The minimum atomic E-state index is -0.585. The summed E-state index contributed by atoms with van der Waals surface area (Å²) < 4.78 is 0. The lowest BCUT2D eigenvalue weighted by atomic mass is 10.1. The van der Waals surface area contributed by atoms with Crippen molar-refractivity contribution in [3.63, 3.8) is 0 Å². The molecule has 1 atom stereocenters. The molecule has 0 saturated carbocycles. The Balaban J connectivity index is 1.59. The summed E-state index contributed by atoms with van der Waals surface area (Å²) in [4.78, 5) is 43.0. The first-order valence-electron chi connectivity index (χ1n) is 12.0.